The van der Waals surface area contributed by atoms with Crippen LogP contribution in [0.15, 0.2) is 60.8 Å². The zero-order valence-corrected chi connectivity index (χ0v) is 14.3. The molecule has 136 valence electrons. The monoisotopic (exact) mass is 363 g/mol. The lowest BCUT2D eigenvalue weighted by Gasteiger charge is -2.16. The van der Waals surface area contributed by atoms with Crippen LogP contribution in [0.4, 0.5) is 17.2 Å². The van der Waals surface area contributed by atoms with Gasteiger partial charge in [-0.1, -0.05) is 42.5 Å². The molecule has 27 heavy (non-hydrogen) atoms. The number of aromatic nitrogens is 1. The highest BCUT2D eigenvalue weighted by atomic mass is 16.6. The first-order chi connectivity index (χ1) is 13.0. The Morgan fingerprint density at radius 1 is 1.15 bits per heavy atom. The summed E-state index contributed by atoms with van der Waals surface area (Å²) >= 11 is 0. The van der Waals surface area contributed by atoms with E-state index in [1.54, 1.807) is 18.3 Å². The second-order valence-corrected chi connectivity index (χ2v) is 5.82. The van der Waals surface area contributed by atoms with Gasteiger partial charge in [0.2, 0.25) is 0 Å². The highest BCUT2D eigenvalue weighted by molar-refractivity contribution is 6.06. The van der Waals surface area contributed by atoms with Crippen molar-refractivity contribution < 1.29 is 9.72 Å². The maximum atomic E-state index is 12.0. The number of amides is 1. The van der Waals surface area contributed by atoms with Crippen LogP contribution in [-0.2, 0) is 6.54 Å². The summed E-state index contributed by atoms with van der Waals surface area (Å²) in [6.07, 6.45) is 1.56. The number of nitrogen functional groups attached to an aromatic ring is 1. The SMILES string of the molecule is NC(=O)c1c(N)ncc(-c2ccccc2)c1NCc1cccc([N+](=O)[O-])c1. The first kappa shape index (κ1) is 17.9. The predicted octanol–water partition coefficient (Wildman–Crippen LogP) is 2.95. The van der Waals surface area contributed by atoms with E-state index >= 15 is 0 Å². The van der Waals surface area contributed by atoms with E-state index in [-0.39, 0.29) is 23.6 Å². The average molecular weight is 363 g/mol. The first-order valence-electron chi connectivity index (χ1n) is 8.08. The van der Waals surface area contributed by atoms with Gasteiger partial charge in [0.25, 0.3) is 11.6 Å². The predicted molar refractivity (Wildman–Crippen MR) is 103 cm³/mol. The summed E-state index contributed by atoms with van der Waals surface area (Å²) in [6, 6.07) is 15.6. The van der Waals surface area contributed by atoms with E-state index in [4.69, 9.17) is 11.5 Å². The van der Waals surface area contributed by atoms with E-state index in [0.29, 0.717) is 16.8 Å². The molecule has 0 spiro atoms. The van der Waals surface area contributed by atoms with Gasteiger partial charge in [-0.3, -0.25) is 14.9 Å². The van der Waals surface area contributed by atoms with Gasteiger partial charge in [-0.15, -0.1) is 0 Å². The van der Waals surface area contributed by atoms with Crippen molar-refractivity contribution in [2.24, 2.45) is 5.73 Å². The number of primary amides is 1. The summed E-state index contributed by atoms with van der Waals surface area (Å²) in [5.41, 5.74) is 14.0. The van der Waals surface area contributed by atoms with Gasteiger partial charge >= 0.3 is 0 Å². The van der Waals surface area contributed by atoms with E-state index in [1.807, 2.05) is 30.3 Å². The number of nitro groups is 1. The lowest BCUT2D eigenvalue weighted by atomic mass is 10.0. The third kappa shape index (κ3) is 3.84. The molecule has 2 aromatic carbocycles. The Bertz CT molecular complexity index is 1010. The van der Waals surface area contributed by atoms with Crippen molar-refractivity contribution in [3.8, 4) is 11.1 Å². The number of rotatable bonds is 6. The van der Waals surface area contributed by atoms with E-state index in [0.717, 1.165) is 5.56 Å². The van der Waals surface area contributed by atoms with Crippen LogP contribution in [0.25, 0.3) is 11.1 Å². The Labute approximate surface area is 155 Å². The van der Waals surface area contributed by atoms with Gasteiger partial charge in [0, 0.05) is 30.4 Å². The van der Waals surface area contributed by atoms with Crippen molar-refractivity contribution >= 4 is 23.1 Å². The minimum Gasteiger partial charge on any atom is -0.383 e. The van der Waals surface area contributed by atoms with Crippen LogP contribution in [-0.4, -0.2) is 15.8 Å². The molecule has 8 nitrogen and oxygen atoms in total. The Hall–Kier alpha value is -3.94. The molecule has 0 atom stereocenters. The fourth-order valence-corrected chi connectivity index (χ4v) is 2.77. The van der Waals surface area contributed by atoms with E-state index in [1.165, 1.54) is 12.1 Å². The lowest BCUT2D eigenvalue weighted by molar-refractivity contribution is -0.384. The van der Waals surface area contributed by atoms with Crippen molar-refractivity contribution in [2.45, 2.75) is 6.54 Å². The van der Waals surface area contributed by atoms with Gasteiger partial charge in [0.05, 0.1) is 10.6 Å². The van der Waals surface area contributed by atoms with Gasteiger partial charge < -0.3 is 16.8 Å². The van der Waals surface area contributed by atoms with Crippen molar-refractivity contribution in [1.29, 1.82) is 0 Å². The molecule has 0 saturated heterocycles. The number of nitrogens with one attached hydrogen (secondary N) is 1. The number of hydrogen-bond donors (Lipinski definition) is 3. The summed E-state index contributed by atoms with van der Waals surface area (Å²) in [4.78, 5) is 26.5. The molecule has 1 amide bonds. The van der Waals surface area contributed by atoms with Crippen LogP contribution in [0.5, 0.6) is 0 Å². The van der Waals surface area contributed by atoms with Crippen molar-refractivity contribution in [2.75, 3.05) is 11.1 Å². The highest BCUT2D eigenvalue weighted by Crippen LogP contribution is 2.33. The number of pyridine rings is 1. The minimum absolute atomic E-state index is 0.0121. The number of nitrogens with two attached hydrogens (primary N) is 2. The van der Waals surface area contributed by atoms with Gasteiger partial charge in [-0.25, -0.2) is 4.98 Å². The zero-order valence-electron chi connectivity index (χ0n) is 14.3. The molecule has 0 fully saturated rings. The number of hydrogen-bond acceptors (Lipinski definition) is 6. The van der Waals surface area contributed by atoms with E-state index in [2.05, 4.69) is 10.3 Å². The van der Waals surface area contributed by atoms with Gasteiger partial charge in [0.1, 0.15) is 11.4 Å². The fraction of sp³-hybridized carbons (Fsp3) is 0.0526. The second kappa shape index (κ2) is 7.52. The molecule has 0 aliphatic heterocycles. The van der Waals surface area contributed by atoms with Gasteiger partial charge in [-0.2, -0.15) is 0 Å². The third-order valence-electron chi connectivity index (χ3n) is 4.03. The number of anilines is 2. The fourth-order valence-electron chi connectivity index (χ4n) is 2.77. The minimum atomic E-state index is -0.709. The van der Waals surface area contributed by atoms with Gasteiger partial charge in [-0.05, 0) is 11.1 Å². The normalized spacial score (nSPS) is 10.4. The first-order valence-corrected chi connectivity index (χ1v) is 8.08. The Balaban J connectivity index is 2.02. The largest absolute Gasteiger partial charge is 0.383 e. The maximum Gasteiger partial charge on any atom is 0.269 e. The molecule has 0 saturated carbocycles. The standard InChI is InChI=1S/C19H17N5O3/c20-18-16(19(21)25)17(15(11-23-18)13-6-2-1-3-7-13)22-10-12-5-4-8-14(9-12)24(26)27/h1-9,11H,10H2,(H2,21,25)(H3,20,22,23). The summed E-state index contributed by atoms with van der Waals surface area (Å²) in [5, 5.41) is 14.1. The molecule has 0 bridgehead atoms. The molecule has 0 aliphatic carbocycles. The quantitative estimate of drug-likeness (QED) is 0.455. The molecule has 5 N–H and O–H groups in total. The topological polar surface area (TPSA) is 137 Å². The van der Waals surface area contributed by atoms with Crippen LogP contribution < -0.4 is 16.8 Å². The van der Waals surface area contributed by atoms with Crippen LogP contribution >= 0.6 is 0 Å². The Morgan fingerprint density at radius 2 is 1.89 bits per heavy atom. The van der Waals surface area contributed by atoms with Crippen LogP contribution in [0, 0.1) is 10.1 Å². The molecule has 1 heterocycles. The number of non-ortho nitro benzene ring substituents is 1. The Morgan fingerprint density at radius 3 is 2.56 bits per heavy atom. The molecule has 0 unspecified atom stereocenters. The van der Waals surface area contributed by atoms with Crippen molar-refractivity contribution in [3.63, 3.8) is 0 Å². The number of benzene rings is 2. The number of carbonyl (C=O) groups is 1. The highest BCUT2D eigenvalue weighted by Gasteiger charge is 2.19. The number of carbonyl (C=O) groups excluding carboxylic acids is 1. The van der Waals surface area contributed by atoms with Crippen molar-refractivity contribution in [1.82, 2.24) is 4.98 Å². The summed E-state index contributed by atoms with van der Waals surface area (Å²) in [6.45, 7) is 0.241. The maximum absolute atomic E-state index is 12.0. The summed E-state index contributed by atoms with van der Waals surface area (Å²) in [5.74, 6) is -0.692. The van der Waals surface area contributed by atoms with Crippen LogP contribution in [0.3, 0.4) is 0 Å². The number of nitrogens with zero attached hydrogens (tertiary/aromatic N) is 2. The average Bonchev–Trinajstić information content (AvgIpc) is 2.67. The molecule has 8 heteroatoms. The second-order valence-electron chi connectivity index (χ2n) is 5.82. The molecule has 3 rings (SSSR count). The van der Waals surface area contributed by atoms with Gasteiger partial charge in [0.15, 0.2) is 0 Å². The summed E-state index contributed by atoms with van der Waals surface area (Å²) in [7, 11) is 0. The number of nitro benzene ring substituents is 1. The zero-order chi connectivity index (χ0) is 19.4. The van der Waals surface area contributed by atoms with E-state index in [9.17, 15) is 14.9 Å². The van der Waals surface area contributed by atoms with Crippen molar-refractivity contribution in [3.05, 3.63) is 82.0 Å². The Kier molecular flexibility index (Phi) is 4.98. The third-order valence-corrected chi connectivity index (χ3v) is 4.03. The molecule has 3 aromatic rings. The van der Waals surface area contributed by atoms with Crippen LogP contribution in [0.1, 0.15) is 15.9 Å². The van der Waals surface area contributed by atoms with Crippen LogP contribution in [0.2, 0.25) is 0 Å². The molecule has 0 aliphatic rings. The molecule has 0 radical (unpaired) electrons. The molecule has 1 aromatic heterocycles. The van der Waals surface area contributed by atoms with E-state index < -0.39 is 10.8 Å². The summed E-state index contributed by atoms with van der Waals surface area (Å²) < 4.78 is 0. The molecular formula is C19H17N5O3. The molecular weight excluding hydrogens is 346 g/mol. The lowest BCUT2D eigenvalue weighted by Crippen LogP contribution is -2.18. The smallest absolute Gasteiger partial charge is 0.269 e.